The summed E-state index contributed by atoms with van der Waals surface area (Å²) in [6.07, 6.45) is 3.79. The molecule has 1 aliphatic rings. The zero-order valence-corrected chi connectivity index (χ0v) is 11.9. The average Bonchev–Trinajstić information content (AvgIpc) is 2.30. The van der Waals surface area contributed by atoms with Gasteiger partial charge in [0.25, 0.3) is 0 Å². The molecule has 1 radical (unpaired) electrons. The monoisotopic (exact) mass is 290 g/mol. The largest absolute Gasteiger partial charge is 0.418 e. The molecular formula is C12H13N2OY-. The standard InChI is InChI=1S/C12H13N2O.Y/c13-11-4-6-12(14-8-11)5-3-10-2-1-7-15-9-10;/h6,8,10H,1-2,7,9,13H2;/q-1;. The SMILES string of the molecule is Nc1[c-]cc(C#CC2CCCOC2)nc1.[Y]. The number of nitrogens with two attached hydrogens (primary N) is 1. The van der Waals surface area contributed by atoms with Gasteiger partial charge < -0.3 is 15.5 Å². The maximum atomic E-state index is 5.48. The van der Waals surface area contributed by atoms with Crippen LogP contribution >= 0.6 is 0 Å². The van der Waals surface area contributed by atoms with Crippen molar-refractivity contribution in [3.63, 3.8) is 0 Å². The molecule has 16 heavy (non-hydrogen) atoms. The summed E-state index contributed by atoms with van der Waals surface area (Å²) in [5.41, 5.74) is 6.74. The van der Waals surface area contributed by atoms with Crippen molar-refractivity contribution in [3.8, 4) is 11.8 Å². The van der Waals surface area contributed by atoms with Crippen LogP contribution in [0.15, 0.2) is 12.3 Å². The molecular weight excluding hydrogens is 277 g/mol. The van der Waals surface area contributed by atoms with Crippen molar-refractivity contribution < 1.29 is 37.4 Å². The Morgan fingerprint density at radius 1 is 1.56 bits per heavy atom. The van der Waals surface area contributed by atoms with Crippen LogP contribution in [0, 0.1) is 23.8 Å². The van der Waals surface area contributed by atoms with Gasteiger partial charge in [0.05, 0.1) is 6.61 Å². The maximum absolute atomic E-state index is 5.48. The second kappa shape index (κ2) is 7.01. The van der Waals surface area contributed by atoms with Crippen molar-refractivity contribution in [1.29, 1.82) is 0 Å². The van der Waals surface area contributed by atoms with Gasteiger partial charge >= 0.3 is 0 Å². The fraction of sp³-hybridized carbons (Fsp3) is 0.417. The van der Waals surface area contributed by atoms with Crippen LogP contribution in [0.2, 0.25) is 0 Å². The van der Waals surface area contributed by atoms with E-state index < -0.39 is 0 Å². The minimum Gasteiger partial charge on any atom is -0.418 e. The first-order chi connectivity index (χ1) is 7.34. The predicted octanol–water partition coefficient (Wildman–Crippen LogP) is 1.24. The van der Waals surface area contributed by atoms with Gasteiger partial charge in [-0.3, -0.25) is 0 Å². The molecule has 81 valence electrons. The van der Waals surface area contributed by atoms with Gasteiger partial charge in [0.15, 0.2) is 0 Å². The minimum absolute atomic E-state index is 0. The van der Waals surface area contributed by atoms with Crippen LogP contribution in [-0.4, -0.2) is 18.2 Å². The Bertz CT molecular complexity index is 374. The molecule has 0 saturated carbocycles. The summed E-state index contributed by atoms with van der Waals surface area (Å²) in [5, 5.41) is 0. The molecule has 1 fully saturated rings. The van der Waals surface area contributed by atoms with Gasteiger partial charge in [0.2, 0.25) is 0 Å². The Morgan fingerprint density at radius 2 is 2.44 bits per heavy atom. The van der Waals surface area contributed by atoms with E-state index in [0.29, 0.717) is 11.6 Å². The van der Waals surface area contributed by atoms with Gasteiger partial charge in [0, 0.05) is 45.2 Å². The topological polar surface area (TPSA) is 48.1 Å². The van der Waals surface area contributed by atoms with Crippen LogP contribution in [0.1, 0.15) is 18.5 Å². The van der Waals surface area contributed by atoms with E-state index in [0.717, 1.165) is 31.7 Å². The zero-order chi connectivity index (χ0) is 10.5. The quantitative estimate of drug-likeness (QED) is 0.577. The Hall–Kier alpha value is -0.426. The summed E-state index contributed by atoms with van der Waals surface area (Å²) in [6.45, 7) is 1.61. The Morgan fingerprint density at radius 3 is 3.06 bits per heavy atom. The third-order valence-electron chi connectivity index (χ3n) is 2.28. The number of hydrogen-bond acceptors (Lipinski definition) is 3. The molecule has 1 saturated heterocycles. The van der Waals surface area contributed by atoms with Gasteiger partial charge in [-0.2, -0.15) is 6.07 Å². The zero-order valence-electron chi connectivity index (χ0n) is 9.07. The van der Waals surface area contributed by atoms with E-state index in [-0.39, 0.29) is 32.7 Å². The molecule has 0 spiro atoms. The molecule has 1 unspecified atom stereocenters. The number of nitrogens with zero attached hydrogens (tertiary/aromatic N) is 1. The Labute approximate surface area is 121 Å². The van der Waals surface area contributed by atoms with E-state index in [1.807, 2.05) is 0 Å². The van der Waals surface area contributed by atoms with Crippen LogP contribution in [0.4, 0.5) is 5.69 Å². The number of anilines is 1. The summed E-state index contributed by atoms with van der Waals surface area (Å²) >= 11 is 0. The number of nitrogen functional groups attached to an aromatic ring is 1. The average molecular weight is 290 g/mol. The predicted molar refractivity (Wildman–Crippen MR) is 57.9 cm³/mol. The summed E-state index contributed by atoms with van der Waals surface area (Å²) in [7, 11) is 0. The third-order valence-corrected chi connectivity index (χ3v) is 2.28. The Balaban J connectivity index is 0.00000128. The molecule has 0 aromatic carbocycles. The first-order valence-corrected chi connectivity index (χ1v) is 5.07. The molecule has 1 aromatic heterocycles. The fourth-order valence-electron chi connectivity index (χ4n) is 1.46. The molecule has 1 aromatic rings. The minimum atomic E-state index is 0. The molecule has 0 amide bonds. The second-order valence-electron chi connectivity index (χ2n) is 3.57. The Kier molecular flexibility index (Phi) is 5.97. The van der Waals surface area contributed by atoms with Crippen LogP contribution in [0.25, 0.3) is 0 Å². The van der Waals surface area contributed by atoms with E-state index in [4.69, 9.17) is 10.5 Å². The van der Waals surface area contributed by atoms with E-state index >= 15 is 0 Å². The summed E-state index contributed by atoms with van der Waals surface area (Å²) in [6, 6.07) is 4.58. The van der Waals surface area contributed by atoms with Crippen molar-refractivity contribution in [2.24, 2.45) is 5.92 Å². The molecule has 0 aliphatic carbocycles. The van der Waals surface area contributed by atoms with Crippen LogP contribution in [0.3, 0.4) is 0 Å². The molecule has 1 aliphatic heterocycles. The summed E-state index contributed by atoms with van der Waals surface area (Å²) in [5.74, 6) is 6.52. The van der Waals surface area contributed by atoms with Crippen molar-refractivity contribution in [2.75, 3.05) is 18.9 Å². The van der Waals surface area contributed by atoms with Gasteiger partial charge in [-0.05, 0) is 18.5 Å². The second-order valence-corrected chi connectivity index (χ2v) is 3.57. The number of hydrogen-bond donors (Lipinski definition) is 1. The molecule has 1 atom stereocenters. The third kappa shape index (κ3) is 4.21. The van der Waals surface area contributed by atoms with Gasteiger partial charge in [-0.15, -0.1) is 17.9 Å². The number of aromatic nitrogens is 1. The fourth-order valence-corrected chi connectivity index (χ4v) is 1.46. The van der Waals surface area contributed by atoms with Crippen molar-refractivity contribution in [3.05, 3.63) is 24.0 Å². The molecule has 4 heteroatoms. The number of ether oxygens (including phenoxy) is 1. The van der Waals surface area contributed by atoms with Crippen LogP contribution in [0.5, 0.6) is 0 Å². The molecule has 2 heterocycles. The molecule has 2 N–H and O–H groups in total. The van der Waals surface area contributed by atoms with E-state index in [1.165, 1.54) is 0 Å². The summed E-state index contributed by atoms with van der Waals surface area (Å²) in [4.78, 5) is 4.09. The van der Waals surface area contributed by atoms with Crippen LogP contribution < -0.4 is 5.73 Å². The van der Waals surface area contributed by atoms with Gasteiger partial charge in [-0.25, -0.2) is 0 Å². The van der Waals surface area contributed by atoms with Crippen molar-refractivity contribution in [2.45, 2.75) is 12.8 Å². The molecule has 3 nitrogen and oxygen atoms in total. The first kappa shape index (κ1) is 13.6. The van der Waals surface area contributed by atoms with Crippen molar-refractivity contribution >= 4 is 5.69 Å². The number of pyridine rings is 1. The first-order valence-electron chi connectivity index (χ1n) is 5.07. The normalized spacial score (nSPS) is 19.1. The van der Waals surface area contributed by atoms with E-state index in [1.54, 1.807) is 12.3 Å². The molecule has 0 bridgehead atoms. The van der Waals surface area contributed by atoms with Crippen LogP contribution in [-0.2, 0) is 37.4 Å². The number of rotatable bonds is 0. The van der Waals surface area contributed by atoms with E-state index in [2.05, 4.69) is 22.9 Å². The maximum Gasteiger partial charge on any atom is 0.0603 e. The van der Waals surface area contributed by atoms with E-state index in [9.17, 15) is 0 Å². The summed E-state index contributed by atoms with van der Waals surface area (Å²) < 4.78 is 5.34. The smallest absolute Gasteiger partial charge is 0.0603 e. The van der Waals surface area contributed by atoms with Crippen molar-refractivity contribution in [1.82, 2.24) is 4.98 Å². The van der Waals surface area contributed by atoms with Gasteiger partial charge in [-0.1, -0.05) is 11.9 Å². The van der Waals surface area contributed by atoms with Gasteiger partial charge in [0.1, 0.15) is 0 Å². The molecule has 2 rings (SSSR count).